The summed E-state index contributed by atoms with van der Waals surface area (Å²) in [6, 6.07) is 16.9. The largest absolute Gasteiger partial charge is 0.334 e. The second kappa shape index (κ2) is 4.52. The summed E-state index contributed by atoms with van der Waals surface area (Å²) in [5.41, 5.74) is 3.04. The van der Waals surface area contributed by atoms with Crippen molar-refractivity contribution in [2.45, 2.75) is 0 Å². The topological polar surface area (TPSA) is 58.6 Å². The molecule has 0 unspecified atom stereocenters. The summed E-state index contributed by atoms with van der Waals surface area (Å²) in [5, 5.41) is 0.943. The van der Waals surface area contributed by atoms with Crippen LogP contribution in [0.15, 0.2) is 60.8 Å². The zero-order chi connectivity index (χ0) is 14.2. The molecule has 2 aromatic carbocycles. The number of imidazole rings is 1. The Balaban J connectivity index is 1.91. The predicted octanol–water partition coefficient (Wildman–Crippen LogP) is 3.34. The summed E-state index contributed by atoms with van der Waals surface area (Å²) in [6.45, 7) is 0. The van der Waals surface area contributed by atoms with Crippen LogP contribution in [0.4, 0.5) is 0 Å². The smallest absolute Gasteiger partial charge is 0.228 e. The van der Waals surface area contributed by atoms with Crippen LogP contribution in [0.25, 0.3) is 21.9 Å². The van der Waals surface area contributed by atoms with Crippen molar-refractivity contribution < 1.29 is 4.79 Å². The Kier molecular flexibility index (Phi) is 2.54. The van der Waals surface area contributed by atoms with Gasteiger partial charge in [0, 0.05) is 10.9 Å². The molecular weight excluding hydrogens is 262 g/mol. The molecule has 100 valence electrons. The zero-order valence-electron chi connectivity index (χ0n) is 11.1. The van der Waals surface area contributed by atoms with Crippen LogP contribution in [0.1, 0.15) is 16.2 Å². The average molecular weight is 273 g/mol. The maximum atomic E-state index is 12.4. The first kappa shape index (κ1) is 11.8. The SMILES string of the molecule is O=C(c1ccccc1)c1nc2c(cnc3ccccc32)[nH]1. The molecule has 0 spiro atoms. The molecule has 4 aromatic rings. The number of hydrogen-bond donors (Lipinski definition) is 1. The lowest BCUT2D eigenvalue weighted by Gasteiger charge is -1.95. The monoisotopic (exact) mass is 273 g/mol. The highest BCUT2D eigenvalue weighted by molar-refractivity contribution is 6.10. The number of aromatic nitrogens is 3. The summed E-state index contributed by atoms with van der Waals surface area (Å²) in [7, 11) is 0. The number of carbonyl (C=O) groups is 1. The number of ketones is 1. The minimum Gasteiger partial charge on any atom is -0.334 e. The van der Waals surface area contributed by atoms with Gasteiger partial charge in [0.15, 0.2) is 5.82 Å². The van der Waals surface area contributed by atoms with Crippen LogP contribution in [-0.4, -0.2) is 20.7 Å². The molecule has 0 saturated carbocycles. The minimum atomic E-state index is -0.115. The molecule has 0 aliphatic carbocycles. The van der Waals surface area contributed by atoms with Crippen LogP contribution < -0.4 is 0 Å². The molecule has 2 heterocycles. The Morgan fingerprint density at radius 2 is 1.71 bits per heavy atom. The van der Waals surface area contributed by atoms with E-state index >= 15 is 0 Å². The zero-order valence-corrected chi connectivity index (χ0v) is 11.1. The Morgan fingerprint density at radius 1 is 0.952 bits per heavy atom. The van der Waals surface area contributed by atoms with Gasteiger partial charge >= 0.3 is 0 Å². The van der Waals surface area contributed by atoms with E-state index in [1.165, 1.54) is 0 Å². The van der Waals surface area contributed by atoms with Crippen LogP contribution >= 0.6 is 0 Å². The van der Waals surface area contributed by atoms with Crippen molar-refractivity contribution in [2.24, 2.45) is 0 Å². The molecule has 0 atom stereocenters. The molecular formula is C17H11N3O. The highest BCUT2D eigenvalue weighted by atomic mass is 16.1. The molecule has 0 saturated heterocycles. The van der Waals surface area contributed by atoms with Gasteiger partial charge in [-0.05, 0) is 6.07 Å². The molecule has 1 N–H and O–H groups in total. The van der Waals surface area contributed by atoms with Crippen molar-refractivity contribution >= 4 is 27.7 Å². The lowest BCUT2D eigenvalue weighted by molar-refractivity contribution is 0.103. The molecule has 0 bridgehead atoms. The maximum absolute atomic E-state index is 12.4. The standard InChI is InChI=1S/C17H11N3O/c21-16(11-6-2-1-3-7-11)17-19-14-10-18-13-9-5-4-8-12(13)15(14)20-17/h1-10H,(H,19,20). The number of pyridine rings is 1. The Labute approximate surface area is 120 Å². The van der Waals surface area contributed by atoms with E-state index in [2.05, 4.69) is 15.0 Å². The van der Waals surface area contributed by atoms with Gasteiger partial charge in [0.2, 0.25) is 5.78 Å². The molecule has 0 aliphatic rings. The molecule has 4 heteroatoms. The van der Waals surface area contributed by atoms with Crippen LogP contribution in [0.2, 0.25) is 0 Å². The molecule has 4 nitrogen and oxygen atoms in total. The third-order valence-corrected chi connectivity index (χ3v) is 3.47. The molecule has 21 heavy (non-hydrogen) atoms. The fourth-order valence-corrected chi connectivity index (χ4v) is 2.44. The highest BCUT2D eigenvalue weighted by Gasteiger charge is 2.15. The summed E-state index contributed by atoms with van der Waals surface area (Å²) in [6.07, 6.45) is 1.71. The van der Waals surface area contributed by atoms with Crippen LogP contribution in [0.3, 0.4) is 0 Å². The number of benzene rings is 2. The maximum Gasteiger partial charge on any atom is 0.228 e. The number of carbonyl (C=O) groups excluding carboxylic acids is 1. The number of para-hydroxylation sites is 1. The molecule has 0 fully saturated rings. The molecule has 0 radical (unpaired) electrons. The predicted molar refractivity (Wildman–Crippen MR) is 81.3 cm³/mol. The minimum absolute atomic E-state index is 0.115. The van der Waals surface area contributed by atoms with Gasteiger partial charge in [0.1, 0.15) is 5.52 Å². The quantitative estimate of drug-likeness (QED) is 0.570. The summed E-state index contributed by atoms with van der Waals surface area (Å²) in [5.74, 6) is 0.227. The number of nitrogens with zero attached hydrogens (tertiary/aromatic N) is 2. The van der Waals surface area contributed by atoms with Crippen molar-refractivity contribution in [1.82, 2.24) is 15.0 Å². The fourth-order valence-electron chi connectivity index (χ4n) is 2.44. The first-order valence-electron chi connectivity index (χ1n) is 6.66. The van der Waals surface area contributed by atoms with E-state index in [0.717, 1.165) is 21.9 Å². The van der Waals surface area contributed by atoms with Crippen molar-refractivity contribution in [3.05, 3.63) is 72.2 Å². The number of rotatable bonds is 2. The highest BCUT2D eigenvalue weighted by Crippen LogP contribution is 2.22. The van der Waals surface area contributed by atoms with Gasteiger partial charge in [-0.2, -0.15) is 0 Å². The third-order valence-electron chi connectivity index (χ3n) is 3.47. The first-order valence-corrected chi connectivity index (χ1v) is 6.66. The van der Waals surface area contributed by atoms with Crippen molar-refractivity contribution in [1.29, 1.82) is 0 Å². The Bertz CT molecular complexity index is 958. The van der Waals surface area contributed by atoms with Crippen molar-refractivity contribution in [2.75, 3.05) is 0 Å². The summed E-state index contributed by atoms with van der Waals surface area (Å²) in [4.78, 5) is 24.3. The third kappa shape index (κ3) is 1.89. The lowest BCUT2D eigenvalue weighted by atomic mass is 10.1. The van der Waals surface area contributed by atoms with Gasteiger partial charge in [0.25, 0.3) is 0 Å². The van der Waals surface area contributed by atoms with E-state index in [4.69, 9.17) is 0 Å². The summed E-state index contributed by atoms with van der Waals surface area (Å²) >= 11 is 0. The fraction of sp³-hybridized carbons (Fsp3) is 0. The van der Waals surface area contributed by atoms with E-state index in [1.807, 2.05) is 42.5 Å². The first-order chi connectivity index (χ1) is 10.3. The van der Waals surface area contributed by atoms with Crippen LogP contribution in [-0.2, 0) is 0 Å². The van der Waals surface area contributed by atoms with Gasteiger partial charge < -0.3 is 4.98 Å². The Morgan fingerprint density at radius 3 is 2.57 bits per heavy atom. The molecule has 4 rings (SSSR count). The van der Waals surface area contributed by atoms with E-state index < -0.39 is 0 Å². The van der Waals surface area contributed by atoms with E-state index in [0.29, 0.717) is 11.4 Å². The van der Waals surface area contributed by atoms with E-state index in [9.17, 15) is 4.79 Å². The average Bonchev–Trinajstić information content (AvgIpc) is 2.99. The second-order valence-electron chi connectivity index (χ2n) is 4.82. The van der Waals surface area contributed by atoms with Gasteiger partial charge in [-0.25, -0.2) is 4.98 Å². The van der Waals surface area contributed by atoms with E-state index in [1.54, 1.807) is 18.3 Å². The molecule has 0 aliphatic heterocycles. The van der Waals surface area contributed by atoms with Gasteiger partial charge in [-0.1, -0.05) is 48.5 Å². The number of hydrogen-bond acceptors (Lipinski definition) is 3. The molecule has 2 aromatic heterocycles. The van der Waals surface area contributed by atoms with Crippen molar-refractivity contribution in [3.63, 3.8) is 0 Å². The van der Waals surface area contributed by atoms with Crippen LogP contribution in [0.5, 0.6) is 0 Å². The number of fused-ring (bicyclic) bond motifs is 3. The second-order valence-corrected chi connectivity index (χ2v) is 4.82. The van der Waals surface area contributed by atoms with Crippen molar-refractivity contribution in [3.8, 4) is 0 Å². The number of nitrogens with one attached hydrogen (secondary N) is 1. The summed E-state index contributed by atoms with van der Waals surface area (Å²) < 4.78 is 0. The Hall–Kier alpha value is -3.01. The number of H-pyrrole nitrogens is 1. The number of aromatic amines is 1. The lowest BCUT2D eigenvalue weighted by Crippen LogP contribution is -2.02. The van der Waals surface area contributed by atoms with E-state index in [-0.39, 0.29) is 5.78 Å². The van der Waals surface area contributed by atoms with Gasteiger partial charge in [-0.3, -0.25) is 9.78 Å². The van der Waals surface area contributed by atoms with Gasteiger partial charge in [0.05, 0.1) is 17.2 Å². The normalized spacial score (nSPS) is 11.0. The molecule has 0 amide bonds. The van der Waals surface area contributed by atoms with Gasteiger partial charge in [-0.15, -0.1) is 0 Å². The van der Waals surface area contributed by atoms with Crippen LogP contribution in [0, 0.1) is 0 Å².